The first-order chi connectivity index (χ1) is 10.2. The second-order valence-corrected chi connectivity index (χ2v) is 5.70. The molecule has 0 amide bonds. The van der Waals surface area contributed by atoms with Crippen molar-refractivity contribution in [3.8, 4) is 5.75 Å². The smallest absolute Gasteiger partial charge is 0.266 e. The quantitative estimate of drug-likeness (QED) is 0.882. The van der Waals surface area contributed by atoms with Crippen LogP contribution in [0.1, 0.15) is 12.8 Å². The Labute approximate surface area is 127 Å². The number of ether oxygens (including phenoxy) is 1. The lowest BCUT2D eigenvalue weighted by atomic mass is 10.00. The lowest BCUT2D eigenvalue weighted by Gasteiger charge is -2.23. The molecule has 2 heterocycles. The summed E-state index contributed by atoms with van der Waals surface area (Å²) in [5, 5.41) is 4.09. The monoisotopic (exact) mass is 307 g/mol. The maximum absolute atomic E-state index is 12.7. The molecule has 1 aromatic carbocycles. The van der Waals surface area contributed by atoms with E-state index >= 15 is 0 Å². The fourth-order valence-corrected chi connectivity index (χ4v) is 3.11. The Kier molecular flexibility index (Phi) is 4.12. The number of rotatable bonds is 3. The molecule has 112 valence electrons. The van der Waals surface area contributed by atoms with Gasteiger partial charge in [-0.15, -0.1) is 0 Å². The van der Waals surface area contributed by atoms with E-state index in [1.54, 1.807) is 29.9 Å². The van der Waals surface area contributed by atoms with E-state index in [-0.39, 0.29) is 10.8 Å². The molecule has 21 heavy (non-hydrogen) atoms. The first kappa shape index (κ1) is 14.4. The number of nitrogens with zero attached hydrogens (tertiary/aromatic N) is 2. The molecule has 1 fully saturated rings. The van der Waals surface area contributed by atoms with E-state index in [0.717, 1.165) is 25.9 Å². The second-order valence-electron chi connectivity index (χ2n) is 5.36. The molecule has 0 aliphatic carbocycles. The molecular formula is C15H18ClN3O2. The topological polar surface area (TPSA) is 56.1 Å². The van der Waals surface area contributed by atoms with E-state index in [9.17, 15) is 4.79 Å². The Morgan fingerprint density at radius 3 is 3.10 bits per heavy atom. The minimum atomic E-state index is -0.131. The molecule has 1 N–H and O–H groups in total. The largest absolute Gasteiger partial charge is 0.496 e. The summed E-state index contributed by atoms with van der Waals surface area (Å²) in [6, 6.07) is 5.35. The van der Waals surface area contributed by atoms with Gasteiger partial charge in [-0.3, -0.25) is 9.36 Å². The summed E-state index contributed by atoms with van der Waals surface area (Å²) < 4.78 is 6.84. The number of nitrogens with one attached hydrogen (secondary N) is 1. The summed E-state index contributed by atoms with van der Waals surface area (Å²) in [5.41, 5.74) is 0.440. The fourth-order valence-electron chi connectivity index (χ4n) is 2.87. The van der Waals surface area contributed by atoms with Gasteiger partial charge in [0, 0.05) is 6.54 Å². The summed E-state index contributed by atoms with van der Waals surface area (Å²) in [6.45, 7) is 2.54. The molecule has 0 spiro atoms. The molecule has 3 rings (SSSR count). The van der Waals surface area contributed by atoms with Crippen LogP contribution >= 0.6 is 11.6 Å². The predicted molar refractivity (Wildman–Crippen MR) is 83.2 cm³/mol. The highest BCUT2D eigenvalue weighted by Gasteiger charge is 2.18. The van der Waals surface area contributed by atoms with Crippen molar-refractivity contribution in [3.05, 3.63) is 33.8 Å². The van der Waals surface area contributed by atoms with Crippen LogP contribution in [-0.2, 0) is 6.54 Å². The van der Waals surface area contributed by atoms with Crippen LogP contribution in [-0.4, -0.2) is 29.8 Å². The first-order valence-electron chi connectivity index (χ1n) is 7.14. The molecule has 1 atom stereocenters. The van der Waals surface area contributed by atoms with Crippen LogP contribution in [0.2, 0.25) is 5.28 Å². The molecule has 1 saturated heterocycles. The minimum Gasteiger partial charge on any atom is -0.496 e. The SMILES string of the molecule is COc1cccc2nc(Cl)n(CC3CCCNC3)c(=O)c12. The molecular weight excluding hydrogens is 290 g/mol. The summed E-state index contributed by atoms with van der Waals surface area (Å²) in [7, 11) is 1.55. The highest BCUT2D eigenvalue weighted by atomic mass is 35.5. The molecule has 2 aromatic rings. The van der Waals surface area contributed by atoms with Crippen LogP contribution in [0.15, 0.2) is 23.0 Å². The third-order valence-electron chi connectivity index (χ3n) is 3.96. The Bertz CT molecular complexity index is 708. The Balaban J connectivity index is 2.07. The number of aromatic nitrogens is 2. The Morgan fingerprint density at radius 1 is 1.52 bits per heavy atom. The van der Waals surface area contributed by atoms with Crippen LogP contribution in [0.3, 0.4) is 0 Å². The van der Waals surface area contributed by atoms with Crippen LogP contribution in [0.4, 0.5) is 0 Å². The van der Waals surface area contributed by atoms with Gasteiger partial charge in [-0.05, 0) is 55.6 Å². The Hall–Kier alpha value is -1.59. The van der Waals surface area contributed by atoms with Crippen molar-refractivity contribution in [1.29, 1.82) is 0 Å². The van der Waals surface area contributed by atoms with Gasteiger partial charge in [0.1, 0.15) is 11.1 Å². The number of hydrogen-bond donors (Lipinski definition) is 1. The van der Waals surface area contributed by atoms with Gasteiger partial charge in [-0.25, -0.2) is 4.98 Å². The lowest BCUT2D eigenvalue weighted by Crippen LogP contribution is -2.35. The number of halogens is 1. The van der Waals surface area contributed by atoms with E-state index in [0.29, 0.717) is 29.1 Å². The zero-order valence-electron chi connectivity index (χ0n) is 11.9. The lowest BCUT2D eigenvalue weighted by molar-refractivity contribution is 0.333. The zero-order valence-corrected chi connectivity index (χ0v) is 12.7. The summed E-state index contributed by atoms with van der Waals surface area (Å²) in [6.07, 6.45) is 2.22. The van der Waals surface area contributed by atoms with Crippen LogP contribution in [0.25, 0.3) is 10.9 Å². The third kappa shape index (κ3) is 2.76. The van der Waals surface area contributed by atoms with E-state index in [2.05, 4.69) is 10.3 Å². The van der Waals surface area contributed by atoms with E-state index in [4.69, 9.17) is 16.3 Å². The molecule has 0 saturated carbocycles. The van der Waals surface area contributed by atoms with E-state index < -0.39 is 0 Å². The summed E-state index contributed by atoms with van der Waals surface area (Å²) >= 11 is 6.21. The van der Waals surface area contributed by atoms with Crippen molar-refractivity contribution in [2.75, 3.05) is 20.2 Å². The molecule has 0 radical (unpaired) electrons. The van der Waals surface area contributed by atoms with Gasteiger partial charge in [0.2, 0.25) is 5.28 Å². The number of fused-ring (bicyclic) bond motifs is 1. The van der Waals surface area contributed by atoms with Crippen LogP contribution < -0.4 is 15.6 Å². The molecule has 1 aromatic heterocycles. The highest BCUT2D eigenvalue weighted by molar-refractivity contribution is 6.28. The number of benzene rings is 1. The van der Waals surface area contributed by atoms with Crippen LogP contribution in [0, 0.1) is 5.92 Å². The molecule has 1 unspecified atom stereocenters. The standard InChI is InChI=1S/C15H18ClN3O2/c1-21-12-6-2-5-11-13(12)14(20)19(15(16)18-11)9-10-4-3-7-17-8-10/h2,5-6,10,17H,3-4,7-9H2,1H3. The number of piperidine rings is 1. The zero-order chi connectivity index (χ0) is 14.8. The highest BCUT2D eigenvalue weighted by Crippen LogP contribution is 2.23. The van der Waals surface area contributed by atoms with Gasteiger partial charge in [-0.1, -0.05) is 6.07 Å². The average molecular weight is 308 g/mol. The van der Waals surface area contributed by atoms with Crippen molar-refractivity contribution in [3.63, 3.8) is 0 Å². The van der Waals surface area contributed by atoms with Crippen LogP contribution in [0.5, 0.6) is 5.75 Å². The van der Waals surface area contributed by atoms with Gasteiger partial charge >= 0.3 is 0 Å². The average Bonchev–Trinajstić information content (AvgIpc) is 2.51. The molecule has 5 nitrogen and oxygen atoms in total. The minimum absolute atomic E-state index is 0.131. The Morgan fingerprint density at radius 2 is 2.38 bits per heavy atom. The second kappa shape index (κ2) is 6.03. The maximum atomic E-state index is 12.7. The van der Waals surface area contributed by atoms with Gasteiger partial charge in [0.25, 0.3) is 5.56 Å². The molecule has 0 bridgehead atoms. The normalized spacial score (nSPS) is 18.9. The van der Waals surface area contributed by atoms with E-state index in [1.807, 2.05) is 0 Å². The van der Waals surface area contributed by atoms with Gasteiger partial charge in [0.05, 0.1) is 12.6 Å². The van der Waals surface area contributed by atoms with Crippen molar-refractivity contribution in [2.45, 2.75) is 19.4 Å². The van der Waals surface area contributed by atoms with Crippen molar-refractivity contribution in [1.82, 2.24) is 14.9 Å². The van der Waals surface area contributed by atoms with Gasteiger partial charge in [0.15, 0.2) is 0 Å². The van der Waals surface area contributed by atoms with E-state index in [1.165, 1.54) is 0 Å². The summed E-state index contributed by atoms with van der Waals surface area (Å²) in [5.74, 6) is 0.945. The first-order valence-corrected chi connectivity index (χ1v) is 7.52. The third-order valence-corrected chi connectivity index (χ3v) is 4.25. The molecule has 1 aliphatic heterocycles. The number of hydrogen-bond acceptors (Lipinski definition) is 4. The number of methoxy groups -OCH3 is 1. The van der Waals surface area contributed by atoms with Crippen molar-refractivity contribution >= 4 is 22.5 Å². The van der Waals surface area contributed by atoms with Gasteiger partial charge < -0.3 is 10.1 Å². The van der Waals surface area contributed by atoms with Gasteiger partial charge in [-0.2, -0.15) is 0 Å². The molecule has 6 heteroatoms. The summed E-state index contributed by atoms with van der Waals surface area (Å²) in [4.78, 5) is 17.1. The molecule has 1 aliphatic rings. The predicted octanol–water partition coefficient (Wildman–Crippen LogP) is 2.06. The maximum Gasteiger partial charge on any atom is 0.266 e. The van der Waals surface area contributed by atoms with Crippen molar-refractivity contribution < 1.29 is 4.74 Å². The fraction of sp³-hybridized carbons (Fsp3) is 0.467. The van der Waals surface area contributed by atoms with Crippen molar-refractivity contribution in [2.24, 2.45) is 5.92 Å².